The van der Waals surface area contributed by atoms with Gasteiger partial charge < -0.3 is 19.5 Å². The highest BCUT2D eigenvalue weighted by Crippen LogP contribution is 2.32. The molecule has 19 heteroatoms. The van der Waals surface area contributed by atoms with Gasteiger partial charge in [-0.05, 0) is 72.4 Å². The molecule has 4 aliphatic rings. The fourth-order valence-corrected chi connectivity index (χ4v) is 10.1. The largest absolute Gasteiger partial charge is 0.380 e. The van der Waals surface area contributed by atoms with Crippen molar-refractivity contribution in [2.24, 2.45) is 0 Å². The van der Waals surface area contributed by atoms with Crippen molar-refractivity contribution in [2.75, 3.05) is 68.6 Å². The van der Waals surface area contributed by atoms with Crippen LogP contribution in [0.15, 0.2) is 73.1 Å². The van der Waals surface area contributed by atoms with E-state index in [9.17, 15) is 32.0 Å². The van der Waals surface area contributed by atoms with Crippen LogP contribution in [0.4, 0.5) is 24.5 Å². The third-order valence-electron chi connectivity index (χ3n) is 12.4. The van der Waals surface area contributed by atoms with Gasteiger partial charge >= 0.3 is 10.2 Å². The van der Waals surface area contributed by atoms with E-state index in [1.165, 1.54) is 6.20 Å². The normalized spacial score (nSPS) is 19.7. The van der Waals surface area contributed by atoms with E-state index in [0.717, 1.165) is 71.5 Å². The van der Waals surface area contributed by atoms with Crippen LogP contribution in [0.1, 0.15) is 56.7 Å². The average molecular weight is 899 g/mol. The molecule has 3 saturated heterocycles. The standard InChI is InChI=1S/C45H45F3N8O7S/c46-31-11-13-55(26-31)64(61,62)52-37-8-7-36(47)40(41(37)48)42(58)35-24-50-43-34(35)22-29(23-49-43)28-2-4-32(5-3-28)54-16-14-53(15-17-54)18-20-63-19-12-27-1-6-33-30(21-27)25-56(45(33)60)38-9-10-39(57)51-44(38)59/h1-8,21-24,31,38,52H,9-20,25-26H2,(H,49,50)(H,51,57,59)/t31-,38?/m1/s1. The first-order chi connectivity index (χ1) is 30.8. The van der Waals surface area contributed by atoms with Crippen molar-refractivity contribution in [2.45, 2.75) is 44.4 Å². The third kappa shape index (κ3) is 8.72. The second kappa shape index (κ2) is 17.8. The number of hydrogen-bond acceptors (Lipinski definition) is 10. The molecule has 1 unspecified atom stereocenters. The van der Waals surface area contributed by atoms with Gasteiger partial charge in [-0.25, -0.2) is 18.2 Å². The zero-order chi connectivity index (χ0) is 44.7. The Hall–Kier alpha value is -6.15. The minimum Gasteiger partial charge on any atom is -0.380 e. The van der Waals surface area contributed by atoms with Gasteiger partial charge in [-0.1, -0.05) is 24.3 Å². The topological polar surface area (TPSA) is 177 Å². The summed E-state index contributed by atoms with van der Waals surface area (Å²) in [5.74, 6) is -4.50. The van der Waals surface area contributed by atoms with Crippen molar-refractivity contribution in [1.29, 1.82) is 0 Å². The maximum Gasteiger partial charge on any atom is 0.301 e. The molecular weight excluding hydrogens is 854 g/mol. The second-order valence-corrected chi connectivity index (χ2v) is 18.1. The Morgan fingerprint density at radius 3 is 2.47 bits per heavy atom. The zero-order valence-corrected chi connectivity index (χ0v) is 35.4. The average Bonchev–Trinajstić information content (AvgIpc) is 4.01. The number of ether oxygens (including phenoxy) is 1. The second-order valence-electron chi connectivity index (χ2n) is 16.4. The number of piperazine rings is 1. The fraction of sp³-hybridized carbons (Fsp3) is 0.356. The number of ketones is 1. The Morgan fingerprint density at radius 2 is 1.72 bits per heavy atom. The highest BCUT2D eigenvalue weighted by Gasteiger charge is 2.39. The Bertz CT molecular complexity index is 2760. The van der Waals surface area contributed by atoms with Crippen LogP contribution in [-0.2, 0) is 37.5 Å². The number of anilines is 2. The number of carbonyl (C=O) groups excluding carboxylic acids is 4. The minimum absolute atomic E-state index is 0.000388. The van der Waals surface area contributed by atoms with E-state index in [4.69, 9.17) is 4.74 Å². The summed E-state index contributed by atoms with van der Waals surface area (Å²) < 4.78 is 78.9. The number of imide groups is 1. The predicted molar refractivity (Wildman–Crippen MR) is 231 cm³/mol. The molecule has 3 N–H and O–H groups in total. The highest BCUT2D eigenvalue weighted by molar-refractivity contribution is 7.90. The third-order valence-corrected chi connectivity index (χ3v) is 13.9. The number of aromatic nitrogens is 2. The van der Waals surface area contributed by atoms with Crippen LogP contribution in [0.2, 0.25) is 0 Å². The van der Waals surface area contributed by atoms with Crippen LogP contribution < -0.4 is 14.9 Å². The number of piperidine rings is 1. The first kappa shape index (κ1) is 43.1. The van der Waals surface area contributed by atoms with Gasteiger partial charge in [0, 0.05) is 98.9 Å². The number of H-pyrrole nitrogens is 1. The molecular formula is C45H45F3N8O7S. The van der Waals surface area contributed by atoms with Gasteiger partial charge in [-0.2, -0.15) is 12.7 Å². The summed E-state index contributed by atoms with van der Waals surface area (Å²) >= 11 is 0. The number of hydrogen-bond donors (Lipinski definition) is 3. The molecule has 3 aromatic carbocycles. The molecule has 0 bridgehead atoms. The maximum absolute atomic E-state index is 15.7. The summed E-state index contributed by atoms with van der Waals surface area (Å²) in [5, 5.41) is 2.65. The van der Waals surface area contributed by atoms with Crippen molar-refractivity contribution in [1.82, 2.24) is 29.4 Å². The number of benzene rings is 3. The highest BCUT2D eigenvalue weighted by atomic mass is 32.2. The van der Waals surface area contributed by atoms with E-state index in [1.807, 2.05) is 47.2 Å². The van der Waals surface area contributed by atoms with E-state index < -0.39 is 63.5 Å². The number of alkyl halides is 1. The number of fused-ring (bicyclic) bond motifs is 2. The lowest BCUT2D eigenvalue weighted by Gasteiger charge is -2.36. The number of rotatable bonds is 14. The molecule has 3 fully saturated rings. The number of nitrogens with zero attached hydrogens (tertiary/aromatic N) is 5. The SMILES string of the molecule is O=C1CCC(N2Cc3cc(CCOCCN4CCN(c5ccc(-c6cnc7[nH]cc(C(=O)c8c(F)ccc(NS(=O)(=O)N9CC[C@@H](F)C9)c8F)c7c6)cc5)CC4)ccc3C2=O)C(=O)N1. The molecule has 6 heterocycles. The molecule has 64 heavy (non-hydrogen) atoms. The zero-order valence-electron chi connectivity index (χ0n) is 34.6. The Kier molecular flexibility index (Phi) is 12.0. The van der Waals surface area contributed by atoms with Gasteiger partial charge in [0.15, 0.2) is 5.82 Å². The van der Waals surface area contributed by atoms with Gasteiger partial charge in [0.1, 0.15) is 23.7 Å². The molecule has 15 nitrogen and oxygen atoms in total. The number of aromatic amines is 1. The molecule has 9 rings (SSSR count). The van der Waals surface area contributed by atoms with Gasteiger partial charge in [-0.15, -0.1) is 0 Å². The van der Waals surface area contributed by atoms with Crippen LogP contribution in [0.25, 0.3) is 22.2 Å². The van der Waals surface area contributed by atoms with Crippen molar-refractivity contribution < 1.29 is 45.5 Å². The molecule has 0 spiro atoms. The quantitative estimate of drug-likeness (QED) is 0.0813. The summed E-state index contributed by atoms with van der Waals surface area (Å²) in [5.41, 5.74) is 3.72. The molecule has 5 aromatic rings. The Balaban J connectivity index is 0.759. The fourth-order valence-electron chi connectivity index (χ4n) is 8.80. The van der Waals surface area contributed by atoms with Crippen molar-refractivity contribution >= 4 is 56.1 Å². The van der Waals surface area contributed by atoms with Gasteiger partial charge in [-0.3, -0.25) is 34.1 Å². The number of halogens is 3. The molecule has 4 aliphatic heterocycles. The van der Waals surface area contributed by atoms with Crippen LogP contribution in [-0.4, -0.2) is 127 Å². The lowest BCUT2D eigenvalue weighted by Crippen LogP contribution is -2.52. The van der Waals surface area contributed by atoms with E-state index in [-0.39, 0.29) is 36.8 Å². The number of nitrogens with one attached hydrogen (secondary N) is 3. The lowest BCUT2D eigenvalue weighted by molar-refractivity contribution is -0.136. The lowest BCUT2D eigenvalue weighted by atomic mass is 9.99. The maximum atomic E-state index is 15.7. The van der Waals surface area contributed by atoms with Gasteiger partial charge in [0.25, 0.3) is 5.91 Å². The summed E-state index contributed by atoms with van der Waals surface area (Å²) in [7, 11) is -4.36. The Morgan fingerprint density at radius 1 is 0.922 bits per heavy atom. The molecule has 0 aliphatic carbocycles. The summed E-state index contributed by atoms with van der Waals surface area (Å²) in [6.07, 6.45) is 2.82. The summed E-state index contributed by atoms with van der Waals surface area (Å²) in [4.78, 5) is 64.2. The monoisotopic (exact) mass is 898 g/mol. The predicted octanol–water partition coefficient (Wildman–Crippen LogP) is 4.58. The van der Waals surface area contributed by atoms with Crippen LogP contribution in [0, 0.1) is 11.6 Å². The van der Waals surface area contributed by atoms with Crippen LogP contribution in [0.3, 0.4) is 0 Å². The van der Waals surface area contributed by atoms with Crippen LogP contribution in [0.5, 0.6) is 0 Å². The van der Waals surface area contributed by atoms with Gasteiger partial charge in [0.05, 0.1) is 24.5 Å². The van der Waals surface area contributed by atoms with E-state index in [2.05, 4.69) is 25.1 Å². The first-order valence-electron chi connectivity index (χ1n) is 21.2. The molecule has 2 aromatic heterocycles. The minimum atomic E-state index is -4.36. The number of pyridine rings is 1. The van der Waals surface area contributed by atoms with E-state index in [1.54, 1.807) is 17.2 Å². The van der Waals surface area contributed by atoms with Crippen molar-refractivity contribution in [3.05, 3.63) is 113 Å². The smallest absolute Gasteiger partial charge is 0.301 e. The van der Waals surface area contributed by atoms with Gasteiger partial charge in [0.2, 0.25) is 17.6 Å². The number of carbonyl (C=O) groups is 4. The summed E-state index contributed by atoms with van der Waals surface area (Å²) in [6.45, 7) is 5.09. The van der Waals surface area contributed by atoms with E-state index in [0.29, 0.717) is 54.8 Å². The molecule has 0 radical (unpaired) electrons. The van der Waals surface area contributed by atoms with Crippen molar-refractivity contribution in [3.63, 3.8) is 0 Å². The molecule has 3 amide bonds. The number of amides is 3. The first-order valence-corrected chi connectivity index (χ1v) is 22.6. The molecule has 2 atom stereocenters. The van der Waals surface area contributed by atoms with Crippen LogP contribution >= 0.6 is 0 Å². The van der Waals surface area contributed by atoms with E-state index >= 15 is 8.78 Å². The van der Waals surface area contributed by atoms with Crippen molar-refractivity contribution in [3.8, 4) is 11.1 Å². The molecule has 334 valence electrons. The molecule has 0 saturated carbocycles. The summed E-state index contributed by atoms with van der Waals surface area (Å²) in [6, 6.07) is 16.4. The Labute approximate surface area is 366 Å².